The molecule has 8 nitrogen and oxygen atoms in total. The van der Waals surface area contributed by atoms with Crippen LogP contribution < -0.4 is 5.32 Å². The first-order chi connectivity index (χ1) is 33.0. The van der Waals surface area contributed by atoms with Crippen LogP contribution in [0.3, 0.4) is 0 Å². The van der Waals surface area contributed by atoms with Crippen molar-refractivity contribution in [3.8, 4) is 28.7 Å². The van der Waals surface area contributed by atoms with E-state index in [2.05, 4.69) is 228 Å². The molecule has 0 saturated carbocycles. The van der Waals surface area contributed by atoms with Crippen LogP contribution in [0.4, 0.5) is 0 Å². The van der Waals surface area contributed by atoms with E-state index in [9.17, 15) is 0 Å². The Balaban J connectivity index is 1.16. The Bertz CT molecular complexity index is 3500. The first-order valence-corrected chi connectivity index (χ1v) is 24.1. The van der Waals surface area contributed by atoms with E-state index in [0.717, 1.165) is 71.7 Å². The molecule has 10 aromatic rings. The third-order valence-corrected chi connectivity index (χ3v) is 13.7. The van der Waals surface area contributed by atoms with Crippen molar-refractivity contribution in [3.63, 3.8) is 0 Å². The molecule has 1 aliphatic heterocycles. The predicted molar refractivity (Wildman–Crippen MR) is 283 cm³/mol. The molecule has 0 aliphatic carbocycles. The molecule has 7 aromatic carbocycles. The summed E-state index contributed by atoms with van der Waals surface area (Å²) in [6, 6.07) is 56.5. The molecular weight excluding hydrogens is 833 g/mol. The molecule has 0 radical (unpaired) electrons. The second-order valence-corrected chi connectivity index (χ2v) is 19.4. The number of amidine groups is 1. The van der Waals surface area contributed by atoms with Crippen molar-refractivity contribution < 1.29 is 0 Å². The second kappa shape index (κ2) is 17.2. The zero-order valence-corrected chi connectivity index (χ0v) is 40.0. The molecule has 4 heterocycles. The van der Waals surface area contributed by atoms with Crippen molar-refractivity contribution in [3.05, 3.63) is 191 Å². The molecule has 1 atom stereocenters. The predicted octanol–water partition coefficient (Wildman–Crippen LogP) is 14.9. The number of rotatable bonds is 9. The average molecular weight is 889 g/mol. The van der Waals surface area contributed by atoms with E-state index in [1.54, 1.807) is 0 Å². The quantitative estimate of drug-likeness (QED) is 0.156. The number of benzene rings is 7. The van der Waals surface area contributed by atoms with Gasteiger partial charge in [0.1, 0.15) is 5.84 Å². The zero-order chi connectivity index (χ0) is 46.8. The van der Waals surface area contributed by atoms with Crippen LogP contribution in [0.2, 0.25) is 0 Å². The fraction of sp³-hybridized carbons (Fsp3) is 0.217. The second-order valence-electron chi connectivity index (χ2n) is 19.4. The van der Waals surface area contributed by atoms with Crippen LogP contribution in [0.15, 0.2) is 168 Å². The summed E-state index contributed by atoms with van der Waals surface area (Å²) in [5.41, 5.74) is 13.1. The van der Waals surface area contributed by atoms with Crippen molar-refractivity contribution in [2.24, 2.45) is 9.98 Å². The molecule has 0 saturated heterocycles. The smallest absolute Gasteiger partial charge is 0.238 e. The number of fused-ring (bicyclic) bond motifs is 7. The average Bonchev–Trinajstić information content (AvgIpc) is 3.89. The van der Waals surface area contributed by atoms with Crippen molar-refractivity contribution in [2.45, 2.75) is 85.2 Å². The standard InChI is InChI=1S/C60H56N8/c1-35(2)39-17-25-43(26-18-39)55-61-56(44-27-19-40(20-28-44)36(3)4)64-59(63-55)67-51-16-12-10-14-49(51)53-52(67)34-33-48-47-13-9-11-15-50(47)68(54(48)53)60-65-57(45-29-21-41(22-30-45)37(5)6)62-58(66-60)46-31-23-42(24-32-46)38(7)8/h9-38,57H,1-8H3,(H,62,65,66). The Labute approximate surface area is 398 Å². The number of aliphatic imine (C=N–C) groups is 2. The maximum absolute atomic E-state index is 5.51. The monoisotopic (exact) mass is 888 g/mol. The molecule has 8 heteroatoms. The van der Waals surface area contributed by atoms with Crippen molar-refractivity contribution in [2.75, 3.05) is 0 Å². The molecule has 0 amide bonds. The Morgan fingerprint density at radius 2 is 0.882 bits per heavy atom. The zero-order valence-electron chi connectivity index (χ0n) is 40.0. The lowest BCUT2D eigenvalue weighted by Crippen LogP contribution is -2.39. The summed E-state index contributed by atoms with van der Waals surface area (Å²) in [5.74, 6) is 4.92. The molecule has 3 aromatic heterocycles. The summed E-state index contributed by atoms with van der Waals surface area (Å²) in [7, 11) is 0. The van der Waals surface area contributed by atoms with Crippen LogP contribution in [0, 0.1) is 0 Å². The number of hydrogen-bond donors (Lipinski definition) is 1. The summed E-state index contributed by atoms with van der Waals surface area (Å²) in [6.07, 6.45) is -0.477. The lowest BCUT2D eigenvalue weighted by atomic mass is 10.0. The minimum Gasteiger partial charge on any atom is -0.310 e. The van der Waals surface area contributed by atoms with Gasteiger partial charge in [0, 0.05) is 38.2 Å². The van der Waals surface area contributed by atoms with Crippen LogP contribution in [0.1, 0.15) is 119 Å². The van der Waals surface area contributed by atoms with E-state index in [1.807, 2.05) is 0 Å². The topological polar surface area (TPSA) is 85.3 Å². The van der Waals surface area contributed by atoms with Crippen LogP contribution >= 0.6 is 0 Å². The summed E-state index contributed by atoms with van der Waals surface area (Å²) in [5, 5.41) is 8.19. The SMILES string of the molecule is CC(C)c1ccc(C2=NC(c3ccc(C(C)C)cc3)N=C(n3c4ccccc4c4ccc5c(c6ccccc6n5-c5nc(-c6ccc(C(C)C)cc6)nc(-c6ccc(C(C)C)cc6)n5)c43)N2)cc1. The molecule has 11 rings (SSSR count). The van der Waals surface area contributed by atoms with Gasteiger partial charge in [0.05, 0.1) is 22.1 Å². The van der Waals surface area contributed by atoms with Crippen molar-refractivity contribution in [1.29, 1.82) is 0 Å². The third kappa shape index (κ3) is 7.54. The van der Waals surface area contributed by atoms with Gasteiger partial charge in [0.2, 0.25) is 11.9 Å². The fourth-order valence-corrected chi connectivity index (χ4v) is 9.63. The minimum absolute atomic E-state index is 0.407. The van der Waals surface area contributed by atoms with Gasteiger partial charge in [-0.2, -0.15) is 9.97 Å². The lowest BCUT2D eigenvalue weighted by Gasteiger charge is -2.24. The van der Waals surface area contributed by atoms with E-state index in [4.69, 9.17) is 24.9 Å². The highest BCUT2D eigenvalue weighted by atomic mass is 15.3. The third-order valence-electron chi connectivity index (χ3n) is 13.7. The van der Waals surface area contributed by atoms with Gasteiger partial charge in [-0.1, -0.05) is 195 Å². The number of aromatic nitrogens is 5. The first kappa shape index (κ1) is 42.9. The van der Waals surface area contributed by atoms with E-state index >= 15 is 0 Å². The van der Waals surface area contributed by atoms with Crippen LogP contribution in [0.25, 0.3) is 72.3 Å². The van der Waals surface area contributed by atoms with Gasteiger partial charge in [0.25, 0.3) is 0 Å². The van der Waals surface area contributed by atoms with Gasteiger partial charge in [-0.05, 0) is 69.7 Å². The van der Waals surface area contributed by atoms with Gasteiger partial charge < -0.3 is 5.32 Å². The Morgan fingerprint density at radius 3 is 1.41 bits per heavy atom. The van der Waals surface area contributed by atoms with Gasteiger partial charge in [-0.3, -0.25) is 9.13 Å². The van der Waals surface area contributed by atoms with E-state index < -0.39 is 6.17 Å². The van der Waals surface area contributed by atoms with E-state index in [0.29, 0.717) is 47.2 Å². The summed E-state index contributed by atoms with van der Waals surface area (Å²) >= 11 is 0. The number of para-hydroxylation sites is 2. The highest BCUT2D eigenvalue weighted by Crippen LogP contribution is 2.41. The van der Waals surface area contributed by atoms with Crippen molar-refractivity contribution in [1.82, 2.24) is 29.4 Å². The highest BCUT2D eigenvalue weighted by molar-refractivity contribution is 6.29. The van der Waals surface area contributed by atoms with Gasteiger partial charge in [-0.15, -0.1) is 0 Å². The molecule has 0 fully saturated rings. The minimum atomic E-state index is -0.477. The molecule has 1 aliphatic rings. The van der Waals surface area contributed by atoms with Gasteiger partial charge in [0.15, 0.2) is 17.8 Å². The molecular formula is C60H56N8. The molecule has 1 unspecified atom stereocenters. The Morgan fingerprint density at radius 1 is 0.412 bits per heavy atom. The summed E-state index contributed by atoms with van der Waals surface area (Å²) in [4.78, 5) is 26.7. The van der Waals surface area contributed by atoms with Gasteiger partial charge in [-0.25, -0.2) is 15.0 Å². The van der Waals surface area contributed by atoms with E-state index in [1.165, 1.54) is 22.3 Å². The van der Waals surface area contributed by atoms with E-state index in [-0.39, 0.29) is 0 Å². The molecule has 0 bridgehead atoms. The largest absolute Gasteiger partial charge is 0.310 e. The molecule has 1 N–H and O–H groups in total. The summed E-state index contributed by atoms with van der Waals surface area (Å²) < 4.78 is 4.53. The first-order valence-electron chi connectivity index (χ1n) is 24.1. The molecule has 68 heavy (non-hydrogen) atoms. The van der Waals surface area contributed by atoms with Crippen LogP contribution in [-0.4, -0.2) is 35.9 Å². The fourth-order valence-electron chi connectivity index (χ4n) is 9.63. The molecule has 0 spiro atoms. The highest BCUT2D eigenvalue weighted by Gasteiger charge is 2.27. The summed E-state index contributed by atoms with van der Waals surface area (Å²) in [6.45, 7) is 17.8. The lowest BCUT2D eigenvalue weighted by molar-refractivity contribution is 0.743. The van der Waals surface area contributed by atoms with Crippen molar-refractivity contribution >= 4 is 55.4 Å². The van der Waals surface area contributed by atoms with Gasteiger partial charge >= 0.3 is 0 Å². The van der Waals surface area contributed by atoms with Crippen LogP contribution in [0.5, 0.6) is 0 Å². The number of nitrogens with one attached hydrogen (secondary N) is 1. The maximum atomic E-state index is 5.51. The molecule has 336 valence electrons. The van der Waals surface area contributed by atoms with Crippen LogP contribution in [-0.2, 0) is 0 Å². The normalized spacial score (nSPS) is 14.3. The Hall–Kier alpha value is -7.71. The Kier molecular flexibility index (Phi) is 10.8. The number of hydrogen-bond acceptors (Lipinski definition) is 6. The maximum Gasteiger partial charge on any atom is 0.238 e. The number of nitrogens with zero attached hydrogens (tertiary/aromatic N) is 7.